The Kier molecular flexibility index (Phi) is 3.91. The maximum absolute atomic E-state index is 14.2. The second-order valence-electron chi connectivity index (χ2n) is 6.51. The van der Waals surface area contributed by atoms with Crippen LogP contribution in [0.25, 0.3) is 21.8 Å². The third-order valence-corrected chi connectivity index (χ3v) is 4.76. The van der Waals surface area contributed by atoms with Gasteiger partial charge in [-0.25, -0.2) is 13.2 Å². The van der Waals surface area contributed by atoms with Crippen LogP contribution in [-0.4, -0.2) is 10.5 Å². The number of nitrogens with zero attached hydrogens (tertiary/aromatic N) is 1. The maximum atomic E-state index is 14.2. The Balaban J connectivity index is 2.05. The molecule has 0 bridgehead atoms. The summed E-state index contributed by atoms with van der Waals surface area (Å²) in [5, 5.41) is 1.44. The minimum absolute atomic E-state index is 0.0127. The van der Waals surface area contributed by atoms with Gasteiger partial charge < -0.3 is 10.3 Å². The lowest BCUT2D eigenvalue weighted by Gasteiger charge is -2.10. The Morgan fingerprint density at radius 2 is 1.78 bits per heavy atom. The number of hydrogen-bond donors (Lipinski definition) is 1. The molecule has 0 aliphatic carbocycles. The highest BCUT2D eigenvalue weighted by Gasteiger charge is 2.19. The molecular weight excluding hydrogens is 353 g/mol. The molecule has 136 valence electrons. The van der Waals surface area contributed by atoms with E-state index in [1.807, 2.05) is 25.1 Å². The van der Waals surface area contributed by atoms with Crippen LogP contribution in [0.1, 0.15) is 21.5 Å². The van der Waals surface area contributed by atoms with E-state index in [-0.39, 0.29) is 12.1 Å². The number of amides is 1. The first-order valence-corrected chi connectivity index (χ1v) is 8.32. The average molecular weight is 368 g/mol. The first-order valence-electron chi connectivity index (χ1n) is 8.32. The molecule has 1 amide bonds. The van der Waals surface area contributed by atoms with Gasteiger partial charge in [-0.15, -0.1) is 0 Å². The fourth-order valence-corrected chi connectivity index (χ4v) is 3.49. The van der Waals surface area contributed by atoms with Crippen LogP contribution in [0.2, 0.25) is 0 Å². The van der Waals surface area contributed by atoms with E-state index in [1.54, 1.807) is 22.8 Å². The molecule has 4 rings (SSSR count). The van der Waals surface area contributed by atoms with Crippen molar-refractivity contribution >= 4 is 27.7 Å². The van der Waals surface area contributed by atoms with Crippen molar-refractivity contribution < 1.29 is 18.0 Å². The fraction of sp³-hybridized carbons (Fsp3) is 0.0952. The van der Waals surface area contributed by atoms with Crippen LogP contribution in [0.4, 0.5) is 13.2 Å². The van der Waals surface area contributed by atoms with Gasteiger partial charge in [0.25, 0.3) is 0 Å². The highest BCUT2D eigenvalue weighted by Crippen LogP contribution is 2.33. The van der Waals surface area contributed by atoms with E-state index < -0.39 is 23.4 Å². The van der Waals surface area contributed by atoms with Gasteiger partial charge in [0.1, 0.15) is 0 Å². The minimum Gasteiger partial charge on any atom is -0.366 e. The molecule has 0 unspecified atom stereocenters. The number of nitrogens with two attached hydrogens (primary N) is 1. The van der Waals surface area contributed by atoms with Crippen LogP contribution >= 0.6 is 0 Å². The lowest BCUT2D eigenvalue weighted by molar-refractivity contribution is 0.100. The summed E-state index contributed by atoms with van der Waals surface area (Å²) in [5.74, 6) is -4.52. The molecule has 0 radical (unpaired) electrons. The van der Waals surface area contributed by atoms with E-state index >= 15 is 0 Å². The van der Waals surface area contributed by atoms with Crippen molar-refractivity contribution in [1.29, 1.82) is 0 Å². The van der Waals surface area contributed by atoms with Gasteiger partial charge in [-0.1, -0.05) is 24.3 Å². The van der Waals surface area contributed by atoms with E-state index in [0.717, 1.165) is 22.5 Å². The molecule has 4 aromatic rings. The zero-order valence-electron chi connectivity index (χ0n) is 14.4. The molecule has 1 aromatic heterocycles. The topological polar surface area (TPSA) is 48.0 Å². The molecule has 0 spiro atoms. The third-order valence-electron chi connectivity index (χ3n) is 4.76. The Labute approximate surface area is 152 Å². The van der Waals surface area contributed by atoms with Gasteiger partial charge in [-0.2, -0.15) is 0 Å². The summed E-state index contributed by atoms with van der Waals surface area (Å²) in [6.07, 6.45) is 0. The summed E-state index contributed by atoms with van der Waals surface area (Å²) < 4.78 is 42.9. The van der Waals surface area contributed by atoms with E-state index in [2.05, 4.69) is 0 Å². The number of hydrogen-bond acceptors (Lipinski definition) is 1. The summed E-state index contributed by atoms with van der Waals surface area (Å²) >= 11 is 0. The minimum atomic E-state index is -1.50. The fourth-order valence-electron chi connectivity index (χ4n) is 3.49. The normalized spacial score (nSPS) is 11.4. The summed E-state index contributed by atoms with van der Waals surface area (Å²) in [6, 6.07) is 12.9. The van der Waals surface area contributed by atoms with Crippen molar-refractivity contribution in [2.45, 2.75) is 13.5 Å². The van der Waals surface area contributed by atoms with Crippen LogP contribution in [0, 0.1) is 24.4 Å². The van der Waals surface area contributed by atoms with Crippen LogP contribution in [0.5, 0.6) is 0 Å². The first kappa shape index (κ1) is 17.1. The number of carbonyl (C=O) groups excluding carboxylic acids is 1. The van der Waals surface area contributed by atoms with Crippen LogP contribution in [0.3, 0.4) is 0 Å². The number of aromatic nitrogens is 1. The smallest absolute Gasteiger partial charge is 0.249 e. The third kappa shape index (κ3) is 2.65. The monoisotopic (exact) mass is 368 g/mol. The summed E-state index contributed by atoms with van der Waals surface area (Å²) in [6.45, 7) is 1.89. The number of fused-ring (bicyclic) bond motifs is 3. The largest absolute Gasteiger partial charge is 0.366 e. The predicted molar refractivity (Wildman–Crippen MR) is 98.1 cm³/mol. The second-order valence-corrected chi connectivity index (χ2v) is 6.51. The van der Waals surface area contributed by atoms with Gasteiger partial charge in [0.05, 0.1) is 12.1 Å². The summed E-state index contributed by atoms with van der Waals surface area (Å²) in [4.78, 5) is 11.9. The lowest BCUT2D eigenvalue weighted by atomic mass is 10.1. The molecule has 0 fully saturated rings. The van der Waals surface area contributed by atoms with Crippen molar-refractivity contribution in [2.75, 3.05) is 0 Å². The lowest BCUT2D eigenvalue weighted by Crippen LogP contribution is -2.11. The zero-order valence-corrected chi connectivity index (χ0v) is 14.4. The van der Waals surface area contributed by atoms with Crippen molar-refractivity contribution in [3.8, 4) is 0 Å². The number of halogens is 3. The Morgan fingerprint density at radius 3 is 2.52 bits per heavy atom. The molecular formula is C21H15F3N2O. The van der Waals surface area contributed by atoms with Crippen LogP contribution < -0.4 is 5.73 Å². The van der Waals surface area contributed by atoms with E-state index in [9.17, 15) is 18.0 Å². The van der Waals surface area contributed by atoms with Gasteiger partial charge in [-0.3, -0.25) is 4.79 Å². The summed E-state index contributed by atoms with van der Waals surface area (Å²) in [7, 11) is 0. The molecule has 1 heterocycles. The molecule has 2 N–H and O–H groups in total. The quantitative estimate of drug-likeness (QED) is 0.525. The van der Waals surface area contributed by atoms with Gasteiger partial charge >= 0.3 is 0 Å². The summed E-state index contributed by atoms with van der Waals surface area (Å²) in [5.41, 5.74) is 8.28. The Hall–Kier alpha value is -3.28. The second kappa shape index (κ2) is 6.16. The number of carbonyl (C=O) groups is 1. The molecule has 0 aliphatic rings. The van der Waals surface area contributed by atoms with Crippen molar-refractivity contribution in [1.82, 2.24) is 4.57 Å². The van der Waals surface area contributed by atoms with Crippen molar-refractivity contribution in [3.63, 3.8) is 0 Å². The van der Waals surface area contributed by atoms with Gasteiger partial charge in [0.15, 0.2) is 17.5 Å². The SMILES string of the molecule is Cc1ccc2c3c(C(N)=O)cccc3n(Cc3ccc(F)c(F)c3F)c2c1. The highest BCUT2D eigenvalue weighted by molar-refractivity contribution is 6.17. The molecule has 0 saturated heterocycles. The van der Waals surface area contributed by atoms with E-state index in [1.165, 1.54) is 6.07 Å². The van der Waals surface area contributed by atoms with Crippen LogP contribution in [-0.2, 0) is 6.54 Å². The van der Waals surface area contributed by atoms with Crippen LogP contribution in [0.15, 0.2) is 48.5 Å². The van der Waals surface area contributed by atoms with Gasteiger partial charge in [0, 0.05) is 27.4 Å². The number of primary amides is 1. The average Bonchev–Trinajstić information content (AvgIpc) is 2.95. The Morgan fingerprint density at radius 1 is 1.00 bits per heavy atom. The molecule has 0 saturated carbocycles. The molecule has 0 atom stereocenters. The molecule has 0 aliphatic heterocycles. The first-order chi connectivity index (χ1) is 12.9. The highest BCUT2D eigenvalue weighted by atomic mass is 19.2. The van der Waals surface area contributed by atoms with Gasteiger partial charge in [-0.05, 0) is 36.8 Å². The van der Waals surface area contributed by atoms with Crippen molar-refractivity contribution in [2.24, 2.45) is 5.73 Å². The molecule has 6 heteroatoms. The number of aryl methyl sites for hydroxylation is 1. The number of benzene rings is 3. The van der Waals surface area contributed by atoms with E-state index in [4.69, 9.17) is 5.73 Å². The Bertz CT molecular complexity index is 1230. The standard InChI is InChI=1S/C21H15F3N2O/c1-11-5-7-13-17(9-11)26(10-12-6-8-15(22)20(24)19(12)23)16-4-2-3-14(18(13)16)21(25)27/h2-9H,10H2,1H3,(H2,25,27). The number of rotatable bonds is 3. The zero-order chi connectivity index (χ0) is 19.3. The molecule has 27 heavy (non-hydrogen) atoms. The van der Waals surface area contributed by atoms with Gasteiger partial charge in [0.2, 0.25) is 5.91 Å². The van der Waals surface area contributed by atoms with E-state index in [0.29, 0.717) is 16.5 Å². The molecule has 3 aromatic carbocycles. The predicted octanol–water partition coefficient (Wildman–Crippen LogP) is 4.67. The molecule has 3 nitrogen and oxygen atoms in total. The van der Waals surface area contributed by atoms with Crippen molar-refractivity contribution in [3.05, 3.63) is 82.7 Å². The maximum Gasteiger partial charge on any atom is 0.249 e.